The van der Waals surface area contributed by atoms with Crippen LogP contribution in [0.15, 0.2) is 0 Å². The zero-order chi connectivity index (χ0) is 20.2. The molecular formula is C16H21Cl3N2O5S. The zero-order valence-corrected chi connectivity index (χ0v) is 18.0. The number of carbonyl (C=O) groups excluding carboxylic acids is 2. The van der Waals surface area contributed by atoms with Gasteiger partial charge in [0.15, 0.2) is 5.79 Å². The van der Waals surface area contributed by atoms with E-state index in [0.29, 0.717) is 37.5 Å². The molecule has 2 heterocycles. The minimum atomic E-state index is -1.72. The molecule has 0 unspecified atom stereocenters. The number of carbonyl (C=O) groups is 2. The number of halogens is 3. The topological polar surface area (TPSA) is 99.9 Å². The summed E-state index contributed by atoms with van der Waals surface area (Å²) in [6, 6.07) is 0. The molecule has 2 aliphatic rings. The van der Waals surface area contributed by atoms with Crippen LogP contribution >= 0.6 is 46.1 Å². The standard InChI is InChI=1S/C14H15Cl3N2O5S.C2H6/c15-14(16,17)6-22-12(21)19-11-9(10(18)20)7-1-2-13(5-8(7)25-11)23-3-4-24-13;1-2/h1-6H2,(H2,18,20)(H,19,21);1-2H3. The van der Waals surface area contributed by atoms with Gasteiger partial charge in [-0.1, -0.05) is 48.7 Å². The Morgan fingerprint density at radius 3 is 2.48 bits per heavy atom. The highest BCUT2D eigenvalue weighted by Crippen LogP contribution is 2.43. The van der Waals surface area contributed by atoms with Crippen LogP contribution in [0.1, 0.15) is 41.1 Å². The van der Waals surface area contributed by atoms with Crippen LogP contribution in [0, 0.1) is 0 Å². The van der Waals surface area contributed by atoms with Gasteiger partial charge in [0.25, 0.3) is 5.91 Å². The van der Waals surface area contributed by atoms with Crippen LogP contribution in [-0.2, 0) is 27.1 Å². The van der Waals surface area contributed by atoms with Crippen molar-refractivity contribution < 1.29 is 23.8 Å². The molecule has 1 aromatic heterocycles. The van der Waals surface area contributed by atoms with Gasteiger partial charge in [0.1, 0.15) is 11.6 Å². The van der Waals surface area contributed by atoms with Crippen LogP contribution in [0.4, 0.5) is 9.80 Å². The van der Waals surface area contributed by atoms with Crippen molar-refractivity contribution in [3.63, 3.8) is 0 Å². The molecule has 11 heteroatoms. The predicted molar refractivity (Wildman–Crippen MR) is 106 cm³/mol. The number of ether oxygens (including phenoxy) is 3. The summed E-state index contributed by atoms with van der Waals surface area (Å²) >= 11 is 17.9. The van der Waals surface area contributed by atoms with E-state index in [1.54, 1.807) is 0 Å². The molecule has 2 amide bonds. The number of hydrogen-bond donors (Lipinski definition) is 2. The van der Waals surface area contributed by atoms with Gasteiger partial charge in [-0.2, -0.15) is 0 Å². The second-order valence-corrected chi connectivity index (χ2v) is 9.29. The van der Waals surface area contributed by atoms with Crippen molar-refractivity contribution in [2.75, 3.05) is 25.1 Å². The SMILES string of the molecule is CC.NC(=O)c1c(NC(=O)OCC(Cl)(Cl)Cl)sc2c1CCC1(C2)OCCO1. The molecule has 1 saturated heterocycles. The zero-order valence-electron chi connectivity index (χ0n) is 14.9. The predicted octanol–water partition coefficient (Wildman–Crippen LogP) is 4.02. The van der Waals surface area contributed by atoms with E-state index >= 15 is 0 Å². The largest absolute Gasteiger partial charge is 0.445 e. The molecule has 3 rings (SSSR count). The van der Waals surface area contributed by atoms with Crippen molar-refractivity contribution in [1.82, 2.24) is 0 Å². The quantitative estimate of drug-likeness (QED) is 0.665. The summed E-state index contributed by atoms with van der Waals surface area (Å²) in [7, 11) is 0. The highest BCUT2D eigenvalue weighted by atomic mass is 35.6. The minimum absolute atomic E-state index is 0.277. The lowest BCUT2D eigenvalue weighted by Crippen LogP contribution is -2.36. The van der Waals surface area contributed by atoms with Crippen LogP contribution < -0.4 is 11.1 Å². The van der Waals surface area contributed by atoms with Crippen molar-refractivity contribution in [3.8, 4) is 0 Å². The van der Waals surface area contributed by atoms with Crippen molar-refractivity contribution >= 4 is 63.1 Å². The van der Waals surface area contributed by atoms with Gasteiger partial charge in [-0.3, -0.25) is 10.1 Å². The van der Waals surface area contributed by atoms with Gasteiger partial charge in [0.05, 0.1) is 18.8 Å². The first-order chi connectivity index (χ1) is 12.7. The molecule has 27 heavy (non-hydrogen) atoms. The molecule has 0 atom stereocenters. The van der Waals surface area contributed by atoms with Crippen molar-refractivity contribution in [1.29, 1.82) is 0 Å². The highest BCUT2D eigenvalue weighted by molar-refractivity contribution is 7.17. The monoisotopic (exact) mass is 458 g/mol. The molecule has 0 bridgehead atoms. The van der Waals surface area contributed by atoms with Crippen molar-refractivity contribution in [2.24, 2.45) is 5.73 Å². The van der Waals surface area contributed by atoms with E-state index in [4.69, 9.17) is 54.7 Å². The maximum absolute atomic E-state index is 11.9. The minimum Gasteiger partial charge on any atom is -0.445 e. The molecular weight excluding hydrogens is 439 g/mol. The van der Waals surface area contributed by atoms with Gasteiger partial charge in [0.2, 0.25) is 3.79 Å². The fourth-order valence-corrected chi connectivity index (χ4v) is 4.43. The first-order valence-electron chi connectivity index (χ1n) is 8.42. The summed E-state index contributed by atoms with van der Waals surface area (Å²) in [4.78, 5) is 24.7. The third-order valence-electron chi connectivity index (χ3n) is 3.92. The van der Waals surface area contributed by atoms with Gasteiger partial charge in [-0.05, 0) is 12.0 Å². The van der Waals surface area contributed by atoms with Crippen molar-refractivity contribution in [3.05, 3.63) is 16.0 Å². The van der Waals surface area contributed by atoms with Gasteiger partial charge >= 0.3 is 6.09 Å². The summed E-state index contributed by atoms with van der Waals surface area (Å²) in [5.41, 5.74) is 6.58. The Hall–Kier alpha value is -0.770. The Kier molecular flexibility index (Phi) is 7.63. The van der Waals surface area contributed by atoms with E-state index in [9.17, 15) is 9.59 Å². The number of amides is 2. The molecule has 1 aliphatic carbocycles. The number of hydrogen-bond acceptors (Lipinski definition) is 6. The first-order valence-corrected chi connectivity index (χ1v) is 10.4. The molecule has 1 fully saturated rings. The maximum Gasteiger partial charge on any atom is 0.412 e. The molecule has 1 aliphatic heterocycles. The summed E-state index contributed by atoms with van der Waals surface area (Å²) in [5.74, 6) is -1.28. The summed E-state index contributed by atoms with van der Waals surface area (Å²) in [6.45, 7) is 4.65. The first kappa shape index (κ1) is 22.5. The Labute approximate surface area is 176 Å². The summed E-state index contributed by atoms with van der Waals surface area (Å²) < 4.78 is 14.5. The number of thiophene rings is 1. The van der Waals surface area contributed by atoms with Crippen LogP contribution in [0.2, 0.25) is 0 Å². The van der Waals surface area contributed by atoms with Crippen molar-refractivity contribution in [2.45, 2.75) is 42.7 Å². The van der Waals surface area contributed by atoms with Crippen LogP contribution in [0.25, 0.3) is 0 Å². The fraction of sp³-hybridized carbons (Fsp3) is 0.625. The number of rotatable bonds is 3. The van der Waals surface area contributed by atoms with Gasteiger partial charge in [-0.25, -0.2) is 4.79 Å². The van der Waals surface area contributed by atoms with Gasteiger partial charge in [-0.15, -0.1) is 11.3 Å². The fourth-order valence-electron chi connectivity index (χ4n) is 2.94. The van der Waals surface area contributed by atoms with E-state index < -0.39 is 28.2 Å². The third-order valence-corrected chi connectivity index (χ3v) is 5.39. The number of fused-ring (bicyclic) bond motifs is 1. The Morgan fingerprint density at radius 2 is 1.93 bits per heavy atom. The lowest BCUT2D eigenvalue weighted by molar-refractivity contribution is -0.163. The van der Waals surface area contributed by atoms with E-state index in [2.05, 4.69) is 5.32 Å². The molecule has 3 N–H and O–H groups in total. The maximum atomic E-state index is 11.9. The Morgan fingerprint density at radius 1 is 1.30 bits per heavy atom. The molecule has 0 aromatic carbocycles. The second kappa shape index (κ2) is 9.15. The van der Waals surface area contributed by atoms with Crippen LogP contribution in [-0.4, -0.2) is 41.4 Å². The smallest absolute Gasteiger partial charge is 0.412 e. The molecule has 0 radical (unpaired) electrons. The normalized spacial score (nSPS) is 17.7. The van der Waals surface area contributed by atoms with Crippen LogP contribution in [0.3, 0.4) is 0 Å². The number of primary amides is 1. The van der Waals surface area contributed by atoms with Crippen LogP contribution in [0.5, 0.6) is 0 Å². The van der Waals surface area contributed by atoms with E-state index in [-0.39, 0.29) is 5.56 Å². The molecule has 7 nitrogen and oxygen atoms in total. The average molecular weight is 460 g/mol. The van der Waals surface area contributed by atoms with E-state index in [1.807, 2.05) is 13.8 Å². The van der Waals surface area contributed by atoms with Gasteiger partial charge < -0.3 is 19.9 Å². The van der Waals surface area contributed by atoms with E-state index in [0.717, 1.165) is 10.4 Å². The molecule has 1 spiro atoms. The lowest BCUT2D eigenvalue weighted by atomic mass is 9.90. The third kappa shape index (κ3) is 5.62. The summed E-state index contributed by atoms with van der Waals surface area (Å²) in [6.07, 6.45) is 0.844. The van der Waals surface area contributed by atoms with E-state index in [1.165, 1.54) is 11.3 Å². The molecule has 152 valence electrons. The second-order valence-electron chi connectivity index (χ2n) is 5.67. The number of nitrogens with two attached hydrogens (primary N) is 1. The lowest BCUT2D eigenvalue weighted by Gasteiger charge is -2.31. The Balaban J connectivity index is 0.00000126. The number of anilines is 1. The molecule has 0 saturated carbocycles. The molecule has 1 aromatic rings. The average Bonchev–Trinajstić information content (AvgIpc) is 3.18. The Bertz CT molecular complexity index is 699. The van der Waals surface area contributed by atoms with Gasteiger partial charge in [0, 0.05) is 17.7 Å². The highest BCUT2D eigenvalue weighted by Gasteiger charge is 2.42. The summed E-state index contributed by atoms with van der Waals surface area (Å²) in [5, 5.41) is 2.81. The number of nitrogens with one attached hydrogen (secondary N) is 1. The number of alkyl halides is 3.